The van der Waals surface area contributed by atoms with Gasteiger partial charge in [0.05, 0.1) is 10.7 Å². The molecule has 0 fully saturated rings. The lowest BCUT2D eigenvalue weighted by Crippen LogP contribution is -2.46. The van der Waals surface area contributed by atoms with Crippen molar-refractivity contribution in [3.63, 3.8) is 0 Å². The smallest absolute Gasteiger partial charge is 0.271 e. The van der Waals surface area contributed by atoms with E-state index in [4.69, 9.17) is 5.73 Å². The van der Waals surface area contributed by atoms with Crippen LogP contribution in [0, 0.1) is 0 Å². The van der Waals surface area contributed by atoms with Crippen molar-refractivity contribution in [3.05, 3.63) is 52.3 Å². The zero-order valence-electron chi connectivity index (χ0n) is 10.5. The van der Waals surface area contributed by atoms with E-state index in [1.54, 1.807) is 0 Å². The number of aromatic nitrogens is 2. The standard InChI is InChI=1S/C13H13BrN4O2/c14-9-7-16-18-11(9)13(20)17-10(12(15)19)6-8-4-2-1-3-5-8/h1-5,7,10H,6H2,(H2,15,19)(H,16,18)(H,17,20)/t10-/m0/s1. The lowest BCUT2D eigenvalue weighted by Gasteiger charge is -2.15. The van der Waals surface area contributed by atoms with E-state index in [0.717, 1.165) is 5.56 Å². The van der Waals surface area contributed by atoms with Gasteiger partial charge in [-0.25, -0.2) is 0 Å². The summed E-state index contributed by atoms with van der Waals surface area (Å²) < 4.78 is 0.526. The Kier molecular flexibility index (Phi) is 4.52. The SMILES string of the molecule is NC(=O)[C@H](Cc1ccccc1)NC(=O)c1[nH]ncc1Br. The average Bonchev–Trinajstić information content (AvgIpc) is 2.85. The van der Waals surface area contributed by atoms with Gasteiger partial charge in [-0.1, -0.05) is 30.3 Å². The molecule has 1 aromatic heterocycles. The van der Waals surface area contributed by atoms with Crippen LogP contribution in [0.4, 0.5) is 0 Å². The molecule has 1 aromatic carbocycles. The molecule has 4 N–H and O–H groups in total. The molecule has 1 atom stereocenters. The van der Waals surface area contributed by atoms with Crippen molar-refractivity contribution < 1.29 is 9.59 Å². The third-order valence-electron chi connectivity index (χ3n) is 2.75. The molecule has 2 aromatic rings. The molecule has 0 aliphatic carbocycles. The molecule has 0 aliphatic heterocycles. The lowest BCUT2D eigenvalue weighted by atomic mass is 10.1. The van der Waals surface area contributed by atoms with Gasteiger partial charge in [-0.15, -0.1) is 0 Å². The first-order chi connectivity index (χ1) is 9.58. The number of nitrogens with two attached hydrogens (primary N) is 1. The number of H-pyrrole nitrogens is 1. The lowest BCUT2D eigenvalue weighted by molar-refractivity contribution is -0.119. The molecule has 0 bridgehead atoms. The van der Waals surface area contributed by atoms with Crippen LogP contribution in [-0.2, 0) is 11.2 Å². The summed E-state index contributed by atoms with van der Waals surface area (Å²) in [4.78, 5) is 23.5. The van der Waals surface area contributed by atoms with Gasteiger partial charge in [-0.2, -0.15) is 5.10 Å². The second-order valence-electron chi connectivity index (χ2n) is 4.21. The number of rotatable bonds is 5. The minimum atomic E-state index is -0.778. The summed E-state index contributed by atoms with van der Waals surface area (Å²) in [5.74, 6) is -1.02. The number of primary amides is 1. The van der Waals surface area contributed by atoms with Gasteiger partial charge in [0.25, 0.3) is 5.91 Å². The highest BCUT2D eigenvalue weighted by Crippen LogP contribution is 2.13. The van der Waals surface area contributed by atoms with E-state index in [2.05, 4.69) is 31.4 Å². The zero-order chi connectivity index (χ0) is 14.5. The maximum Gasteiger partial charge on any atom is 0.271 e. The van der Waals surface area contributed by atoms with E-state index in [9.17, 15) is 9.59 Å². The Labute approximate surface area is 123 Å². The topological polar surface area (TPSA) is 101 Å². The Morgan fingerprint density at radius 3 is 2.60 bits per heavy atom. The Morgan fingerprint density at radius 2 is 2.05 bits per heavy atom. The van der Waals surface area contributed by atoms with Crippen LogP contribution in [-0.4, -0.2) is 28.1 Å². The van der Waals surface area contributed by atoms with Crippen LogP contribution in [0.25, 0.3) is 0 Å². The molecule has 0 spiro atoms. The molecule has 1 heterocycles. The fourth-order valence-electron chi connectivity index (χ4n) is 1.73. The van der Waals surface area contributed by atoms with Crippen molar-refractivity contribution in [1.82, 2.24) is 15.5 Å². The highest BCUT2D eigenvalue weighted by molar-refractivity contribution is 9.10. The van der Waals surface area contributed by atoms with Crippen molar-refractivity contribution in [2.45, 2.75) is 12.5 Å². The zero-order valence-corrected chi connectivity index (χ0v) is 12.1. The molecule has 6 nitrogen and oxygen atoms in total. The number of nitrogens with one attached hydrogen (secondary N) is 2. The molecular formula is C13H13BrN4O2. The molecule has 20 heavy (non-hydrogen) atoms. The Morgan fingerprint density at radius 1 is 1.35 bits per heavy atom. The van der Waals surface area contributed by atoms with Crippen molar-refractivity contribution in [2.75, 3.05) is 0 Å². The van der Waals surface area contributed by atoms with Crippen LogP contribution >= 0.6 is 15.9 Å². The number of benzene rings is 1. The highest BCUT2D eigenvalue weighted by atomic mass is 79.9. The fourth-order valence-corrected chi connectivity index (χ4v) is 2.10. The van der Waals surface area contributed by atoms with Crippen LogP contribution in [0.3, 0.4) is 0 Å². The van der Waals surface area contributed by atoms with Gasteiger partial charge in [-0.05, 0) is 21.5 Å². The number of hydrogen-bond donors (Lipinski definition) is 3. The van der Waals surface area contributed by atoms with Crippen LogP contribution in [0.1, 0.15) is 16.1 Å². The van der Waals surface area contributed by atoms with Crippen LogP contribution < -0.4 is 11.1 Å². The number of halogens is 1. The molecule has 2 amide bonds. The third kappa shape index (κ3) is 3.45. The normalized spacial score (nSPS) is 11.8. The number of amides is 2. The highest BCUT2D eigenvalue weighted by Gasteiger charge is 2.21. The van der Waals surface area contributed by atoms with Crippen molar-refractivity contribution in [3.8, 4) is 0 Å². The predicted molar refractivity (Wildman–Crippen MR) is 76.9 cm³/mol. The van der Waals surface area contributed by atoms with Gasteiger partial charge >= 0.3 is 0 Å². The molecule has 0 unspecified atom stereocenters. The summed E-state index contributed by atoms with van der Waals surface area (Å²) in [6.45, 7) is 0. The summed E-state index contributed by atoms with van der Waals surface area (Å²) >= 11 is 3.19. The largest absolute Gasteiger partial charge is 0.368 e. The third-order valence-corrected chi connectivity index (χ3v) is 3.35. The summed E-state index contributed by atoms with van der Waals surface area (Å²) in [6, 6.07) is 8.56. The van der Waals surface area contributed by atoms with E-state index in [-0.39, 0.29) is 5.69 Å². The monoisotopic (exact) mass is 336 g/mol. The van der Waals surface area contributed by atoms with Gasteiger partial charge in [0, 0.05) is 6.42 Å². The van der Waals surface area contributed by atoms with E-state index >= 15 is 0 Å². The number of aromatic amines is 1. The number of carbonyl (C=O) groups is 2. The molecule has 0 saturated heterocycles. The molecular weight excluding hydrogens is 324 g/mol. The maximum atomic E-state index is 12.0. The van der Waals surface area contributed by atoms with Crippen LogP contribution in [0.15, 0.2) is 41.0 Å². The Bertz CT molecular complexity index is 612. The van der Waals surface area contributed by atoms with Gasteiger partial charge in [-0.3, -0.25) is 14.7 Å². The molecule has 0 radical (unpaired) electrons. The van der Waals surface area contributed by atoms with E-state index in [1.807, 2.05) is 30.3 Å². The second-order valence-corrected chi connectivity index (χ2v) is 5.07. The van der Waals surface area contributed by atoms with Crippen molar-refractivity contribution >= 4 is 27.7 Å². The summed E-state index contributed by atoms with van der Waals surface area (Å²) in [6.07, 6.45) is 1.80. The predicted octanol–water partition coefficient (Wildman–Crippen LogP) is 0.999. The van der Waals surface area contributed by atoms with Gasteiger partial charge in [0.15, 0.2) is 0 Å². The van der Waals surface area contributed by atoms with Crippen molar-refractivity contribution in [2.24, 2.45) is 5.73 Å². The molecule has 104 valence electrons. The minimum absolute atomic E-state index is 0.254. The Hall–Kier alpha value is -2.15. The first kappa shape index (κ1) is 14.3. The first-order valence-electron chi connectivity index (χ1n) is 5.91. The summed E-state index contributed by atoms with van der Waals surface area (Å²) in [5, 5.41) is 8.88. The number of hydrogen-bond acceptors (Lipinski definition) is 3. The van der Waals surface area contributed by atoms with Gasteiger partial charge in [0.2, 0.25) is 5.91 Å². The van der Waals surface area contributed by atoms with Gasteiger partial charge in [0.1, 0.15) is 11.7 Å². The molecule has 0 aliphatic rings. The van der Waals surface area contributed by atoms with Gasteiger partial charge < -0.3 is 11.1 Å². The number of carbonyl (C=O) groups excluding carboxylic acids is 2. The molecule has 7 heteroatoms. The van der Waals surface area contributed by atoms with Crippen LogP contribution in [0.2, 0.25) is 0 Å². The van der Waals surface area contributed by atoms with E-state index < -0.39 is 17.9 Å². The van der Waals surface area contributed by atoms with Crippen LogP contribution in [0.5, 0.6) is 0 Å². The summed E-state index contributed by atoms with van der Waals surface area (Å²) in [5.41, 5.74) is 6.50. The maximum absolute atomic E-state index is 12.0. The number of nitrogens with zero attached hydrogens (tertiary/aromatic N) is 1. The minimum Gasteiger partial charge on any atom is -0.368 e. The van der Waals surface area contributed by atoms with E-state index in [1.165, 1.54) is 6.20 Å². The summed E-state index contributed by atoms with van der Waals surface area (Å²) in [7, 11) is 0. The first-order valence-corrected chi connectivity index (χ1v) is 6.70. The quantitative estimate of drug-likeness (QED) is 0.759. The molecule has 2 rings (SSSR count). The Balaban J connectivity index is 2.09. The molecule has 0 saturated carbocycles. The van der Waals surface area contributed by atoms with Crippen molar-refractivity contribution in [1.29, 1.82) is 0 Å². The average molecular weight is 337 g/mol. The second kappa shape index (κ2) is 6.33. The van der Waals surface area contributed by atoms with E-state index in [0.29, 0.717) is 10.9 Å². The fraction of sp³-hybridized carbons (Fsp3) is 0.154.